The number of furan rings is 1. The van der Waals surface area contributed by atoms with Crippen molar-refractivity contribution in [3.05, 3.63) is 24.2 Å². The largest absolute Gasteiger partial charge is 0.472 e. The Labute approximate surface area is 109 Å². The van der Waals surface area contributed by atoms with Crippen molar-refractivity contribution in [1.29, 1.82) is 0 Å². The number of carbonyl (C=O) groups excluding carboxylic acids is 1. The van der Waals surface area contributed by atoms with Gasteiger partial charge in [-0.1, -0.05) is 19.3 Å². The summed E-state index contributed by atoms with van der Waals surface area (Å²) in [5.41, 5.74) is 1.14. The summed E-state index contributed by atoms with van der Waals surface area (Å²) >= 11 is 0. The standard InChI is InChI=1S/C15H23NO2/c1-12(9-14-7-8-18-11-14)16-15(17)10-13-5-3-2-4-6-13/h7-8,11-13H,2-6,9-10H2,1H3,(H,16,17). The van der Waals surface area contributed by atoms with Crippen molar-refractivity contribution in [2.24, 2.45) is 5.92 Å². The second kappa shape index (κ2) is 6.62. The minimum Gasteiger partial charge on any atom is -0.472 e. The molecule has 100 valence electrons. The van der Waals surface area contributed by atoms with Gasteiger partial charge in [0.2, 0.25) is 5.91 Å². The Balaban J connectivity index is 1.69. The van der Waals surface area contributed by atoms with Gasteiger partial charge in [0.25, 0.3) is 0 Å². The molecule has 2 rings (SSSR count). The predicted octanol–water partition coefficient (Wildman–Crippen LogP) is 3.30. The third kappa shape index (κ3) is 4.21. The number of hydrogen-bond donors (Lipinski definition) is 1. The van der Waals surface area contributed by atoms with Crippen LogP contribution in [0.5, 0.6) is 0 Å². The Bertz CT molecular complexity index is 353. The molecule has 1 fully saturated rings. The van der Waals surface area contributed by atoms with Gasteiger partial charge in [0.1, 0.15) is 0 Å². The van der Waals surface area contributed by atoms with Gasteiger partial charge in [0.15, 0.2) is 0 Å². The summed E-state index contributed by atoms with van der Waals surface area (Å²) in [6.45, 7) is 2.05. The highest BCUT2D eigenvalue weighted by Gasteiger charge is 2.18. The molecule has 1 heterocycles. The summed E-state index contributed by atoms with van der Waals surface area (Å²) in [7, 11) is 0. The van der Waals surface area contributed by atoms with Crippen LogP contribution < -0.4 is 5.32 Å². The number of nitrogens with one attached hydrogen (secondary N) is 1. The van der Waals surface area contributed by atoms with Crippen molar-refractivity contribution >= 4 is 5.91 Å². The molecule has 1 N–H and O–H groups in total. The molecule has 1 saturated carbocycles. The van der Waals surface area contributed by atoms with Crippen LogP contribution in [0.15, 0.2) is 23.0 Å². The van der Waals surface area contributed by atoms with E-state index in [4.69, 9.17) is 4.42 Å². The van der Waals surface area contributed by atoms with Crippen molar-refractivity contribution in [3.8, 4) is 0 Å². The summed E-state index contributed by atoms with van der Waals surface area (Å²) in [5.74, 6) is 0.817. The topological polar surface area (TPSA) is 42.2 Å². The molecule has 1 aliphatic carbocycles. The Morgan fingerprint density at radius 3 is 2.89 bits per heavy atom. The Morgan fingerprint density at radius 1 is 1.44 bits per heavy atom. The van der Waals surface area contributed by atoms with Crippen LogP contribution >= 0.6 is 0 Å². The van der Waals surface area contributed by atoms with E-state index in [1.165, 1.54) is 32.1 Å². The van der Waals surface area contributed by atoms with E-state index in [0.717, 1.165) is 12.0 Å². The summed E-state index contributed by atoms with van der Waals surface area (Å²) < 4.78 is 5.03. The van der Waals surface area contributed by atoms with Crippen molar-refractivity contribution in [3.63, 3.8) is 0 Å². The smallest absolute Gasteiger partial charge is 0.220 e. The molecule has 18 heavy (non-hydrogen) atoms. The third-order valence-electron chi connectivity index (χ3n) is 3.73. The molecule has 0 aromatic carbocycles. The fourth-order valence-electron chi connectivity index (χ4n) is 2.80. The first-order valence-electron chi connectivity index (χ1n) is 7.04. The van der Waals surface area contributed by atoms with Crippen molar-refractivity contribution < 1.29 is 9.21 Å². The van der Waals surface area contributed by atoms with Gasteiger partial charge in [0.05, 0.1) is 12.5 Å². The SMILES string of the molecule is CC(Cc1ccoc1)NC(=O)CC1CCCCC1. The lowest BCUT2D eigenvalue weighted by atomic mass is 9.87. The van der Waals surface area contributed by atoms with Gasteiger partial charge >= 0.3 is 0 Å². The van der Waals surface area contributed by atoms with Gasteiger partial charge in [0, 0.05) is 12.5 Å². The third-order valence-corrected chi connectivity index (χ3v) is 3.73. The molecule has 0 bridgehead atoms. The highest BCUT2D eigenvalue weighted by molar-refractivity contribution is 5.76. The van der Waals surface area contributed by atoms with Crippen molar-refractivity contribution in [2.45, 2.75) is 57.9 Å². The van der Waals surface area contributed by atoms with Crippen LogP contribution in [0.4, 0.5) is 0 Å². The first kappa shape index (κ1) is 13.2. The van der Waals surface area contributed by atoms with Crippen LogP contribution in [0.1, 0.15) is 51.0 Å². The summed E-state index contributed by atoms with van der Waals surface area (Å²) in [5, 5.41) is 3.08. The van der Waals surface area contributed by atoms with Crippen LogP contribution in [0, 0.1) is 5.92 Å². The molecule has 0 saturated heterocycles. The van der Waals surface area contributed by atoms with E-state index in [9.17, 15) is 4.79 Å². The van der Waals surface area contributed by atoms with Crippen molar-refractivity contribution in [1.82, 2.24) is 5.32 Å². The zero-order valence-corrected chi connectivity index (χ0v) is 11.2. The zero-order valence-electron chi connectivity index (χ0n) is 11.2. The molecule has 0 spiro atoms. The first-order chi connectivity index (χ1) is 8.74. The predicted molar refractivity (Wildman–Crippen MR) is 71.2 cm³/mol. The molecule has 1 unspecified atom stereocenters. The summed E-state index contributed by atoms with van der Waals surface area (Å²) in [6, 6.07) is 2.13. The highest BCUT2D eigenvalue weighted by Crippen LogP contribution is 2.26. The number of rotatable bonds is 5. The molecule has 1 atom stereocenters. The van der Waals surface area contributed by atoms with E-state index in [2.05, 4.69) is 5.32 Å². The van der Waals surface area contributed by atoms with Gasteiger partial charge in [-0.2, -0.15) is 0 Å². The van der Waals surface area contributed by atoms with Crippen LogP contribution in [-0.2, 0) is 11.2 Å². The van der Waals surface area contributed by atoms with E-state index < -0.39 is 0 Å². The quantitative estimate of drug-likeness (QED) is 0.870. The molecular formula is C15H23NO2. The number of amides is 1. The fourth-order valence-corrected chi connectivity index (χ4v) is 2.80. The number of hydrogen-bond acceptors (Lipinski definition) is 2. The normalized spacial score (nSPS) is 18.5. The number of carbonyl (C=O) groups is 1. The van der Waals surface area contributed by atoms with Gasteiger partial charge < -0.3 is 9.73 Å². The van der Waals surface area contributed by atoms with Crippen LogP contribution in [0.3, 0.4) is 0 Å². The molecule has 1 aromatic rings. The van der Waals surface area contributed by atoms with Gasteiger partial charge in [-0.05, 0) is 43.7 Å². The van der Waals surface area contributed by atoms with Crippen LogP contribution in [0.25, 0.3) is 0 Å². The van der Waals surface area contributed by atoms with E-state index in [-0.39, 0.29) is 11.9 Å². The lowest BCUT2D eigenvalue weighted by Crippen LogP contribution is -2.35. The molecule has 0 radical (unpaired) electrons. The Hall–Kier alpha value is -1.25. The molecule has 3 heteroatoms. The average molecular weight is 249 g/mol. The average Bonchev–Trinajstić information content (AvgIpc) is 2.82. The van der Waals surface area contributed by atoms with Crippen LogP contribution in [-0.4, -0.2) is 11.9 Å². The molecule has 3 nitrogen and oxygen atoms in total. The lowest BCUT2D eigenvalue weighted by molar-refractivity contribution is -0.122. The summed E-state index contributed by atoms with van der Waals surface area (Å²) in [6.07, 6.45) is 11.3. The van der Waals surface area contributed by atoms with E-state index in [0.29, 0.717) is 12.3 Å². The van der Waals surface area contributed by atoms with Crippen LogP contribution in [0.2, 0.25) is 0 Å². The Morgan fingerprint density at radius 2 is 2.22 bits per heavy atom. The van der Waals surface area contributed by atoms with E-state index in [1.54, 1.807) is 12.5 Å². The zero-order chi connectivity index (χ0) is 12.8. The molecule has 0 aliphatic heterocycles. The fraction of sp³-hybridized carbons (Fsp3) is 0.667. The lowest BCUT2D eigenvalue weighted by Gasteiger charge is -2.22. The summed E-state index contributed by atoms with van der Waals surface area (Å²) in [4.78, 5) is 11.9. The molecule has 1 aliphatic rings. The Kier molecular flexibility index (Phi) is 4.85. The van der Waals surface area contributed by atoms with Gasteiger partial charge in [-0.25, -0.2) is 0 Å². The van der Waals surface area contributed by atoms with E-state index >= 15 is 0 Å². The maximum absolute atomic E-state index is 11.9. The van der Waals surface area contributed by atoms with E-state index in [1.807, 2.05) is 13.0 Å². The maximum Gasteiger partial charge on any atom is 0.220 e. The minimum atomic E-state index is 0.179. The monoisotopic (exact) mass is 249 g/mol. The van der Waals surface area contributed by atoms with Crippen molar-refractivity contribution in [2.75, 3.05) is 0 Å². The second-order valence-corrected chi connectivity index (χ2v) is 5.51. The second-order valence-electron chi connectivity index (χ2n) is 5.51. The maximum atomic E-state index is 11.9. The highest BCUT2D eigenvalue weighted by atomic mass is 16.3. The molecule has 1 aromatic heterocycles. The van der Waals surface area contributed by atoms with Gasteiger partial charge in [-0.15, -0.1) is 0 Å². The minimum absolute atomic E-state index is 0.179. The van der Waals surface area contributed by atoms with Gasteiger partial charge in [-0.3, -0.25) is 4.79 Å². The molecular weight excluding hydrogens is 226 g/mol. The first-order valence-corrected chi connectivity index (χ1v) is 7.04. The molecule has 1 amide bonds.